The van der Waals surface area contributed by atoms with Crippen molar-refractivity contribution in [2.75, 3.05) is 14.2 Å². The molecule has 138 valence electrons. The van der Waals surface area contributed by atoms with Gasteiger partial charge in [-0.1, -0.05) is 6.07 Å². The minimum Gasteiger partial charge on any atom is -0.493 e. The maximum absolute atomic E-state index is 11.5. The summed E-state index contributed by atoms with van der Waals surface area (Å²) in [6.45, 7) is 0.190. The van der Waals surface area contributed by atoms with Crippen molar-refractivity contribution in [2.24, 2.45) is 0 Å². The number of nitro benzene ring substituents is 1. The molecule has 0 amide bonds. The fraction of sp³-hybridized carbons (Fsp3) is 0.158. The number of carbonyl (C=O) groups is 1. The van der Waals surface area contributed by atoms with Crippen molar-refractivity contribution >= 4 is 17.7 Å². The van der Waals surface area contributed by atoms with E-state index < -0.39 is 10.9 Å². The highest BCUT2D eigenvalue weighted by atomic mass is 16.6. The Bertz CT molecular complexity index is 913. The monoisotopic (exact) mass is 368 g/mol. The van der Waals surface area contributed by atoms with Crippen LogP contribution in [0.5, 0.6) is 11.5 Å². The number of nitro groups is 1. The maximum atomic E-state index is 11.5. The van der Waals surface area contributed by atoms with Gasteiger partial charge in [0.1, 0.15) is 18.2 Å². The van der Waals surface area contributed by atoms with E-state index in [-0.39, 0.29) is 17.9 Å². The van der Waals surface area contributed by atoms with Crippen molar-refractivity contribution in [1.29, 1.82) is 5.26 Å². The smallest absolute Gasteiger partial charge is 0.348 e. The van der Waals surface area contributed by atoms with Gasteiger partial charge in [0.2, 0.25) is 0 Å². The van der Waals surface area contributed by atoms with Crippen LogP contribution in [0.2, 0.25) is 0 Å². The van der Waals surface area contributed by atoms with Crippen LogP contribution in [-0.2, 0) is 16.1 Å². The molecule has 0 N–H and O–H groups in total. The molecule has 0 atom stereocenters. The zero-order valence-corrected chi connectivity index (χ0v) is 14.7. The molecule has 0 fully saturated rings. The van der Waals surface area contributed by atoms with E-state index in [1.165, 1.54) is 32.4 Å². The largest absolute Gasteiger partial charge is 0.493 e. The van der Waals surface area contributed by atoms with E-state index in [0.717, 1.165) is 5.56 Å². The van der Waals surface area contributed by atoms with Gasteiger partial charge in [-0.15, -0.1) is 0 Å². The van der Waals surface area contributed by atoms with E-state index in [4.69, 9.17) is 14.7 Å². The van der Waals surface area contributed by atoms with Crippen molar-refractivity contribution in [3.63, 3.8) is 0 Å². The van der Waals surface area contributed by atoms with Crippen molar-refractivity contribution in [1.82, 2.24) is 0 Å². The predicted molar refractivity (Wildman–Crippen MR) is 96.0 cm³/mol. The first-order chi connectivity index (χ1) is 13.0. The normalized spacial score (nSPS) is 10.6. The lowest BCUT2D eigenvalue weighted by Gasteiger charge is -2.11. The standard InChI is InChI=1S/C19H16N2O6/c1-25-18-10-14(9-15(11-20)19(22)26-2)5-8-17(18)27-12-13-3-6-16(7-4-13)21(23)24/h3-10H,12H2,1-2H3/b15-9-. The molecule has 27 heavy (non-hydrogen) atoms. The first-order valence-corrected chi connectivity index (χ1v) is 7.72. The SMILES string of the molecule is COC(=O)/C(C#N)=C\c1ccc(OCc2ccc([N+](=O)[O-])cc2)c(OC)c1. The molecule has 0 heterocycles. The molecule has 0 saturated heterocycles. The minimum atomic E-state index is -0.727. The summed E-state index contributed by atoms with van der Waals surface area (Å²) in [5.74, 6) is 0.132. The van der Waals surface area contributed by atoms with Gasteiger partial charge in [-0.2, -0.15) is 5.26 Å². The van der Waals surface area contributed by atoms with E-state index in [2.05, 4.69) is 4.74 Å². The van der Waals surface area contributed by atoms with Gasteiger partial charge in [0.15, 0.2) is 11.5 Å². The molecule has 0 aliphatic carbocycles. The van der Waals surface area contributed by atoms with E-state index >= 15 is 0 Å². The zero-order chi connectivity index (χ0) is 19.8. The second kappa shape index (κ2) is 9.01. The zero-order valence-electron chi connectivity index (χ0n) is 14.7. The number of ether oxygens (including phenoxy) is 3. The number of methoxy groups -OCH3 is 2. The molecule has 0 saturated carbocycles. The topological polar surface area (TPSA) is 112 Å². The Balaban J connectivity index is 2.16. The highest BCUT2D eigenvalue weighted by molar-refractivity contribution is 5.97. The molecule has 2 rings (SSSR count). The summed E-state index contributed by atoms with van der Waals surface area (Å²) >= 11 is 0. The summed E-state index contributed by atoms with van der Waals surface area (Å²) in [5.41, 5.74) is 1.19. The summed E-state index contributed by atoms with van der Waals surface area (Å²) in [5, 5.41) is 19.7. The van der Waals surface area contributed by atoms with Crippen molar-refractivity contribution in [2.45, 2.75) is 6.61 Å². The van der Waals surface area contributed by atoms with Crippen LogP contribution in [-0.4, -0.2) is 25.1 Å². The van der Waals surface area contributed by atoms with E-state index in [0.29, 0.717) is 17.1 Å². The van der Waals surface area contributed by atoms with Gasteiger partial charge in [-0.3, -0.25) is 10.1 Å². The van der Waals surface area contributed by atoms with Gasteiger partial charge in [0.25, 0.3) is 5.69 Å². The number of hydrogen-bond donors (Lipinski definition) is 0. The van der Waals surface area contributed by atoms with Gasteiger partial charge in [-0.05, 0) is 41.5 Å². The van der Waals surface area contributed by atoms with Gasteiger partial charge < -0.3 is 14.2 Å². The second-order valence-corrected chi connectivity index (χ2v) is 5.28. The van der Waals surface area contributed by atoms with Crippen LogP contribution in [0.25, 0.3) is 6.08 Å². The van der Waals surface area contributed by atoms with E-state index in [9.17, 15) is 14.9 Å². The number of non-ortho nitro benzene ring substituents is 1. The molecule has 0 bridgehead atoms. The summed E-state index contributed by atoms with van der Waals surface area (Å²) in [7, 11) is 2.66. The average molecular weight is 368 g/mol. The van der Waals surface area contributed by atoms with Crippen molar-refractivity contribution < 1.29 is 23.9 Å². The Morgan fingerprint density at radius 1 is 1.19 bits per heavy atom. The fourth-order valence-electron chi connectivity index (χ4n) is 2.18. The molecule has 2 aromatic carbocycles. The third kappa shape index (κ3) is 5.06. The van der Waals surface area contributed by atoms with Crippen LogP contribution < -0.4 is 9.47 Å². The number of nitriles is 1. The van der Waals surface area contributed by atoms with Gasteiger partial charge in [0, 0.05) is 12.1 Å². The summed E-state index contributed by atoms with van der Waals surface area (Å²) in [6.07, 6.45) is 1.38. The van der Waals surface area contributed by atoms with Gasteiger partial charge in [0.05, 0.1) is 19.1 Å². The molecule has 0 aromatic heterocycles. The highest BCUT2D eigenvalue weighted by Gasteiger charge is 2.11. The Morgan fingerprint density at radius 2 is 1.89 bits per heavy atom. The number of carbonyl (C=O) groups excluding carboxylic acids is 1. The first kappa shape index (κ1) is 19.5. The summed E-state index contributed by atoms with van der Waals surface area (Å²) in [4.78, 5) is 21.7. The Hall–Kier alpha value is -3.86. The number of benzene rings is 2. The fourth-order valence-corrected chi connectivity index (χ4v) is 2.18. The molecule has 2 aromatic rings. The summed E-state index contributed by atoms with van der Waals surface area (Å²) in [6, 6.07) is 12.7. The van der Waals surface area contributed by atoms with Crippen LogP contribution in [0.3, 0.4) is 0 Å². The Kier molecular flexibility index (Phi) is 6.49. The van der Waals surface area contributed by atoms with E-state index in [1.54, 1.807) is 36.4 Å². The number of rotatable bonds is 7. The average Bonchev–Trinajstić information content (AvgIpc) is 2.70. The van der Waals surface area contributed by atoms with Crippen LogP contribution in [0.15, 0.2) is 48.0 Å². The van der Waals surface area contributed by atoms with Crippen molar-refractivity contribution in [3.05, 3.63) is 69.3 Å². The molecule has 0 aliphatic rings. The lowest BCUT2D eigenvalue weighted by Crippen LogP contribution is -2.02. The minimum absolute atomic E-state index is 0.00590. The quantitative estimate of drug-likeness (QED) is 0.242. The third-order valence-corrected chi connectivity index (χ3v) is 3.57. The molecule has 0 spiro atoms. The highest BCUT2D eigenvalue weighted by Crippen LogP contribution is 2.30. The molecule has 0 aliphatic heterocycles. The second-order valence-electron chi connectivity index (χ2n) is 5.28. The van der Waals surface area contributed by atoms with Gasteiger partial charge >= 0.3 is 5.97 Å². The Morgan fingerprint density at radius 3 is 2.44 bits per heavy atom. The lowest BCUT2D eigenvalue weighted by atomic mass is 10.1. The predicted octanol–water partition coefficient (Wildman–Crippen LogP) is 3.26. The first-order valence-electron chi connectivity index (χ1n) is 7.72. The van der Waals surface area contributed by atoms with Crippen LogP contribution in [0, 0.1) is 21.4 Å². The van der Waals surface area contributed by atoms with Crippen molar-refractivity contribution in [3.8, 4) is 17.6 Å². The molecule has 0 radical (unpaired) electrons. The number of nitrogens with zero attached hydrogens (tertiary/aromatic N) is 2. The molecule has 8 nitrogen and oxygen atoms in total. The van der Waals surface area contributed by atoms with Crippen LogP contribution >= 0.6 is 0 Å². The Labute approximate surface area is 155 Å². The third-order valence-electron chi connectivity index (χ3n) is 3.57. The van der Waals surface area contributed by atoms with Gasteiger partial charge in [-0.25, -0.2) is 4.79 Å². The molecule has 8 heteroatoms. The molecular weight excluding hydrogens is 352 g/mol. The lowest BCUT2D eigenvalue weighted by molar-refractivity contribution is -0.384. The van der Waals surface area contributed by atoms with E-state index in [1.807, 2.05) is 0 Å². The molecule has 0 unspecified atom stereocenters. The van der Waals surface area contributed by atoms with Crippen LogP contribution in [0.1, 0.15) is 11.1 Å². The van der Waals surface area contributed by atoms with Crippen LogP contribution in [0.4, 0.5) is 5.69 Å². The summed E-state index contributed by atoms with van der Waals surface area (Å²) < 4.78 is 15.5. The number of esters is 1. The maximum Gasteiger partial charge on any atom is 0.348 e. The number of hydrogen-bond acceptors (Lipinski definition) is 7. The molecular formula is C19H16N2O6.